The molecule has 0 saturated heterocycles. The van der Waals surface area contributed by atoms with Gasteiger partial charge in [-0.2, -0.15) is 0 Å². The van der Waals surface area contributed by atoms with E-state index in [0.29, 0.717) is 33.0 Å². The van der Waals surface area contributed by atoms with Crippen LogP contribution >= 0.6 is 11.6 Å². The second-order valence-electron chi connectivity index (χ2n) is 4.56. The first-order valence-electron chi connectivity index (χ1n) is 6.87. The molecule has 0 aliphatic carbocycles. The molecule has 0 bridgehead atoms. The lowest BCUT2D eigenvalue weighted by Gasteiger charge is -2.13. The first-order chi connectivity index (χ1) is 9.74. The van der Waals surface area contributed by atoms with Gasteiger partial charge in [-0.25, -0.2) is 0 Å². The van der Waals surface area contributed by atoms with Gasteiger partial charge in [0.1, 0.15) is 0 Å². The first-order valence-corrected chi connectivity index (χ1v) is 7.25. The zero-order valence-corrected chi connectivity index (χ0v) is 12.8. The van der Waals surface area contributed by atoms with Gasteiger partial charge in [0.05, 0.1) is 26.4 Å². The van der Waals surface area contributed by atoms with Crippen LogP contribution in [0.15, 0.2) is 24.3 Å². The second kappa shape index (κ2) is 11.1. The smallest absolute Gasteiger partial charge is 0.0701 e. The van der Waals surface area contributed by atoms with Crippen molar-refractivity contribution in [2.75, 3.05) is 40.1 Å². The van der Waals surface area contributed by atoms with Gasteiger partial charge in [-0.3, -0.25) is 0 Å². The van der Waals surface area contributed by atoms with Crippen LogP contribution in [0.25, 0.3) is 0 Å². The van der Waals surface area contributed by atoms with E-state index in [1.165, 1.54) is 0 Å². The van der Waals surface area contributed by atoms with Gasteiger partial charge in [-0.05, 0) is 24.5 Å². The van der Waals surface area contributed by atoms with Crippen LogP contribution in [0.5, 0.6) is 0 Å². The molecule has 0 heterocycles. The fourth-order valence-electron chi connectivity index (χ4n) is 1.75. The molecule has 2 N–H and O–H groups in total. The van der Waals surface area contributed by atoms with Crippen molar-refractivity contribution < 1.29 is 14.2 Å². The van der Waals surface area contributed by atoms with Gasteiger partial charge in [-0.15, -0.1) is 0 Å². The molecular formula is C15H24ClNO3. The summed E-state index contributed by atoms with van der Waals surface area (Å²) in [6.45, 7) is 3.03. The van der Waals surface area contributed by atoms with E-state index in [2.05, 4.69) is 0 Å². The molecular weight excluding hydrogens is 278 g/mol. The molecule has 0 aliphatic rings. The SMILES string of the molecule is COCCOCCOCCC(N)Cc1ccccc1Cl. The van der Waals surface area contributed by atoms with Crippen molar-refractivity contribution in [1.29, 1.82) is 0 Å². The Hall–Kier alpha value is -0.650. The molecule has 5 heteroatoms. The van der Waals surface area contributed by atoms with Crippen molar-refractivity contribution in [3.8, 4) is 0 Å². The number of methoxy groups -OCH3 is 1. The normalized spacial score (nSPS) is 12.6. The van der Waals surface area contributed by atoms with Gasteiger partial charge < -0.3 is 19.9 Å². The molecule has 1 unspecified atom stereocenters. The number of ether oxygens (including phenoxy) is 3. The summed E-state index contributed by atoms with van der Waals surface area (Å²) in [6.07, 6.45) is 1.58. The predicted molar refractivity (Wildman–Crippen MR) is 81.3 cm³/mol. The standard InChI is InChI=1S/C15H24ClNO3/c1-18-8-9-20-11-10-19-7-6-14(17)12-13-4-2-3-5-15(13)16/h2-5,14H,6-12,17H2,1H3. The van der Waals surface area contributed by atoms with Crippen molar-refractivity contribution in [2.24, 2.45) is 5.73 Å². The van der Waals surface area contributed by atoms with Crippen LogP contribution in [0.1, 0.15) is 12.0 Å². The van der Waals surface area contributed by atoms with E-state index in [9.17, 15) is 0 Å². The van der Waals surface area contributed by atoms with E-state index in [0.717, 1.165) is 23.4 Å². The van der Waals surface area contributed by atoms with E-state index >= 15 is 0 Å². The second-order valence-corrected chi connectivity index (χ2v) is 4.97. The largest absolute Gasteiger partial charge is 0.382 e. The van der Waals surface area contributed by atoms with Gasteiger partial charge >= 0.3 is 0 Å². The van der Waals surface area contributed by atoms with Gasteiger partial charge in [0.25, 0.3) is 0 Å². The highest BCUT2D eigenvalue weighted by molar-refractivity contribution is 6.31. The number of benzene rings is 1. The Balaban J connectivity index is 2.03. The minimum absolute atomic E-state index is 0.0595. The minimum Gasteiger partial charge on any atom is -0.382 e. The number of rotatable bonds is 11. The highest BCUT2D eigenvalue weighted by Crippen LogP contribution is 2.16. The molecule has 1 aromatic carbocycles. The van der Waals surface area contributed by atoms with E-state index in [-0.39, 0.29) is 6.04 Å². The van der Waals surface area contributed by atoms with Crippen LogP contribution in [0.3, 0.4) is 0 Å². The summed E-state index contributed by atoms with van der Waals surface area (Å²) in [5, 5.41) is 0.774. The van der Waals surface area contributed by atoms with E-state index in [1.807, 2.05) is 24.3 Å². The maximum Gasteiger partial charge on any atom is 0.0701 e. The fraction of sp³-hybridized carbons (Fsp3) is 0.600. The molecule has 20 heavy (non-hydrogen) atoms. The predicted octanol–water partition coefficient (Wildman–Crippen LogP) is 2.28. The van der Waals surface area contributed by atoms with E-state index < -0.39 is 0 Å². The highest BCUT2D eigenvalue weighted by Gasteiger charge is 2.06. The third-order valence-electron chi connectivity index (χ3n) is 2.88. The molecule has 0 spiro atoms. The van der Waals surface area contributed by atoms with E-state index in [1.54, 1.807) is 7.11 Å². The number of hydrogen-bond acceptors (Lipinski definition) is 4. The lowest BCUT2D eigenvalue weighted by molar-refractivity contribution is 0.0234. The Bertz CT molecular complexity index is 363. The quantitative estimate of drug-likeness (QED) is 0.637. The zero-order valence-electron chi connectivity index (χ0n) is 12.0. The van der Waals surface area contributed by atoms with E-state index in [4.69, 9.17) is 31.5 Å². The summed E-state index contributed by atoms with van der Waals surface area (Å²) in [7, 11) is 1.65. The topological polar surface area (TPSA) is 53.7 Å². The van der Waals surface area contributed by atoms with Crippen LogP contribution in [0.4, 0.5) is 0 Å². The van der Waals surface area contributed by atoms with Crippen LogP contribution in [-0.4, -0.2) is 46.2 Å². The molecule has 0 aromatic heterocycles. The molecule has 0 saturated carbocycles. The summed E-state index contributed by atoms with van der Waals surface area (Å²) in [5.41, 5.74) is 7.16. The van der Waals surface area contributed by atoms with Crippen molar-refractivity contribution in [1.82, 2.24) is 0 Å². The lowest BCUT2D eigenvalue weighted by Crippen LogP contribution is -2.25. The Labute approximate surface area is 126 Å². The summed E-state index contributed by atoms with van der Waals surface area (Å²) in [4.78, 5) is 0. The summed E-state index contributed by atoms with van der Waals surface area (Å²) in [5.74, 6) is 0. The fourth-order valence-corrected chi connectivity index (χ4v) is 1.96. The third-order valence-corrected chi connectivity index (χ3v) is 3.25. The van der Waals surface area contributed by atoms with Crippen LogP contribution in [-0.2, 0) is 20.6 Å². The molecule has 1 aromatic rings. The van der Waals surface area contributed by atoms with Crippen LogP contribution < -0.4 is 5.73 Å². The van der Waals surface area contributed by atoms with Gasteiger partial charge in [0.15, 0.2) is 0 Å². The molecule has 0 amide bonds. The van der Waals surface area contributed by atoms with Crippen molar-refractivity contribution in [3.63, 3.8) is 0 Å². The summed E-state index contributed by atoms with van der Waals surface area (Å²) < 4.78 is 15.6. The van der Waals surface area contributed by atoms with Gasteiger partial charge in [0.2, 0.25) is 0 Å². The lowest BCUT2D eigenvalue weighted by atomic mass is 10.0. The molecule has 0 aliphatic heterocycles. The minimum atomic E-state index is 0.0595. The number of nitrogens with two attached hydrogens (primary N) is 1. The van der Waals surface area contributed by atoms with Gasteiger partial charge in [-0.1, -0.05) is 29.8 Å². The third kappa shape index (κ3) is 7.82. The molecule has 1 rings (SSSR count). The summed E-state index contributed by atoms with van der Waals surface area (Å²) in [6, 6.07) is 7.85. The summed E-state index contributed by atoms with van der Waals surface area (Å²) >= 11 is 6.10. The van der Waals surface area contributed by atoms with Crippen LogP contribution in [0, 0.1) is 0 Å². The molecule has 4 nitrogen and oxygen atoms in total. The molecule has 0 fully saturated rings. The highest BCUT2D eigenvalue weighted by atomic mass is 35.5. The molecule has 0 radical (unpaired) electrons. The molecule has 114 valence electrons. The Kier molecular flexibility index (Phi) is 9.62. The average molecular weight is 302 g/mol. The Morgan fingerprint density at radius 3 is 2.40 bits per heavy atom. The van der Waals surface area contributed by atoms with Crippen molar-refractivity contribution >= 4 is 11.6 Å². The molecule has 1 atom stereocenters. The number of halogens is 1. The van der Waals surface area contributed by atoms with Crippen molar-refractivity contribution in [3.05, 3.63) is 34.9 Å². The van der Waals surface area contributed by atoms with Gasteiger partial charge in [0, 0.05) is 24.8 Å². The maximum atomic E-state index is 6.10. The first kappa shape index (κ1) is 17.4. The monoisotopic (exact) mass is 301 g/mol. The maximum absolute atomic E-state index is 6.10. The Morgan fingerprint density at radius 1 is 1.05 bits per heavy atom. The zero-order chi connectivity index (χ0) is 14.6. The number of hydrogen-bond donors (Lipinski definition) is 1. The van der Waals surface area contributed by atoms with Crippen LogP contribution in [0.2, 0.25) is 5.02 Å². The Morgan fingerprint density at radius 2 is 1.70 bits per heavy atom. The van der Waals surface area contributed by atoms with Crippen molar-refractivity contribution in [2.45, 2.75) is 18.9 Å². The average Bonchev–Trinajstić information content (AvgIpc) is 2.44.